The van der Waals surface area contributed by atoms with Crippen LogP contribution in [0.25, 0.3) is 34.3 Å². The molecule has 18 heteroatoms. The Morgan fingerprint density at radius 2 is 1.70 bits per heavy atom. The lowest BCUT2D eigenvalue weighted by Crippen LogP contribution is -2.52. The average molecular weight is 873 g/mol. The van der Waals surface area contributed by atoms with Gasteiger partial charge >= 0.3 is 0 Å². The van der Waals surface area contributed by atoms with Crippen LogP contribution in [0.3, 0.4) is 0 Å². The highest BCUT2D eigenvalue weighted by Gasteiger charge is 2.39. The summed E-state index contributed by atoms with van der Waals surface area (Å²) < 4.78 is 34.6. The van der Waals surface area contributed by atoms with Crippen LogP contribution < -0.4 is 26.4 Å². The fourth-order valence-corrected chi connectivity index (χ4v) is 8.39. The summed E-state index contributed by atoms with van der Waals surface area (Å²) in [5, 5.41) is 16.6. The zero-order valence-corrected chi connectivity index (χ0v) is 35.6. The Morgan fingerprint density at radius 3 is 2.48 bits per heavy atom. The number of hydrogen-bond acceptors (Lipinski definition) is 13. The number of nitrogens with one attached hydrogen (secondary N) is 4. The number of nitrogen functional groups attached to an aromatic ring is 1. The second-order valence-corrected chi connectivity index (χ2v) is 17.0. The number of carbonyl (C=O) groups excluding carboxylic acids is 4. The number of unbranched alkanes of at least 4 members (excludes halogenated alkanes) is 4. The number of amides is 4. The third-order valence-electron chi connectivity index (χ3n) is 10.7. The van der Waals surface area contributed by atoms with Crippen molar-refractivity contribution in [1.29, 1.82) is 0 Å². The van der Waals surface area contributed by atoms with Crippen LogP contribution in [-0.4, -0.2) is 83.3 Å². The summed E-state index contributed by atoms with van der Waals surface area (Å²) in [6.07, 6.45) is 6.40. The van der Waals surface area contributed by atoms with Crippen LogP contribution in [0.5, 0.6) is 0 Å². The molecule has 2 aliphatic rings. The van der Waals surface area contributed by atoms with Crippen LogP contribution in [0, 0.1) is 11.8 Å². The maximum absolute atomic E-state index is 13.0. The number of piperidine rings is 1. The van der Waals surface area contributed by atoms with Gasteiger partial charge in [-0.3, -0.25) is 24.5 Å². The minimum Gasteiger partial charge on any atom is -0.414 e. The smallest absolute Gasteiger partial charge is 0.270 e. The number of aromatic nitrogens is 4. The number of rotatable bonds is 18. The molecule has 7 rings (SSSR count). The largest absolute Gasteiger partial charge is 0.414 e. The first-order chi connectivity index (χ1) is 30.5. The summed E-state index contributed by atoms with van der Waals surface area (Å²) >= 11 is 0. The lowest BCUT2D eigenvalue weighted by atomic mass is 10.0. The second-order valence-electron chi connectivity index (χ2n) is 15.2. The quantitative estimate of drug-likeness (QED) is 0.0474. The van der Waals surface area contributed by atoms with Crippen LogP contribution in [0.1, 0.15) is 84.8 Å². The molecule has 0 aliphatic carbocycles. The standard InChI is InChI=1S/C45H48N10O7S/c1-47-26-29-14-16-32(17-15-29)43-53-54-44(62-43)40-41(46)49-27-36(51-40)31-18-20-33(21-19-31)63(60,61)50-25-8-3-2-6-13-38(56)48-24-7-4-5-10-30-11-9-12-34-35(30)28-55(45(34)59)37-22-23-39(57)52-42(37)58/h9,11-12,14-21,27,37,47,50H,2-4,6-8,13,22-26,28H2,1H3,(H2,46,49)(H,48,56)(H,52,57,58). The van der Waals surface area contributed by atoms with Crippen molar-refractivity contribution >= 4 is 39.5 Å². The van der Waals surface area contributed by atoms with Crippen molar-refractivity contribution in [3.63, 3.8) is 0 Å². The van der Waals surface area contributed by atoms with Gasteiger partial charge in [0.05, 0.1) is 16.8 Å². The predicted octanol–water partition coefficient (Wildman–Crippen LogP) is 4.10. The Morgan fingerprint density at radius 1 is 0.937 bits per heavy atom. The molecule has 1 unspecified atom stereocenters. The van der Waals surface area contributed by atoms with E-state index in [0.717, 1.165) is 41.6 Å². The molecule has 0 bridgehead atoms. The maximum atomic E-state index is 13.0. The van der Waals surface area contributed by atoms with Crippen molar-refractivity contribution in [1.82, 2.24) is 45.7 Å². The number of benzene rings is 3. The third kappa shape index (κ3) is 11.0. The highest BCUT2D eigenvalue weighted by atomic mass is 32.2. The lowest BCUT2D eigenvalue weighted by Gasteiger charge is -2.29. The molecule has 17 nitrogen and oxygen atoms in total. The van der Waals surface area contributed by atoms with E-state index in [1.54, 1.807) is 24.3 Å². The van der Waals surface area contributed by atoms with Gasteiger partial charge in [0, 0.05) is 67.7 Å². The fourth-order valence-electron chi connectivity index (χ4n) is 7.31. The van der Waals surface area contributed by atoms with Gasteiger partial charge in [-0.05, 0) is 80.3 Å². The van der Waals surface area contributed by atoms with E-state index in [9.17, 15) is 27.6 Å². The molecule has 5 aromatic rings. The van der Waals surface area contributed by atoms with Crippen LogP contribution >= 0.6 is 0 Å². The first kappa shape index (κ1) is 44.3. The number of fused-ring (bicyclic) bond motifs is 1. The van der Waals surface area contributed by atoms with E-state index in [1.165, 1.54) is 23.2 Å². The van der Waals surface area contributed by atoms with Gasteiger partial charge in [-0.2, -0.15) is 0 Å². The Balaban J connectivity index is 0.784. The molecular formula is C45H48N10O7S. The number of hydrogen-bond donors (Lipinski definition) is 5. The van der Waals surface area contributed by atoms with Crippen LogP contribution in [-0.2, 0) is 37.5 Å². The summed E-state index contributed by atoms with van der Waals surface area (Å²) in [6.45, 7) is 1.74. The Bertz CT molecular complexity index is 2660. The molecular weight excluding hydrogens is 825 g/mol. The van der Waals surface area contributed by atoms with E-state index < -0.39 is 22.0 Å². The molecule has 6 N–H and O–H groups in total. The first-order valence-corrected chi connectivity index (χ1v) is 22.3. The molecule has 1 fully saturated rings. The van der Waals surface area contributed by atoms with Gasteiger partial charge in [-0.1, -0.05) is 55.0 Å². The molecule has 0 saturated carbocycles. The summed E-state index contributed by atoms with van der Waals surface area (Å²) in [5.74, 6) is 5.73. The van der Waals surface area contributed by atoms with Crippen LogP contribution in [0.15, 0.2) is 82.2 Å². The minimum absolute atomic E-state index is 0.0490. The average Bonchev–Trinajstić information content (AvgIpc) is 3.90. The van der Waals surface area contributed by atoms with Gasteiger partial charge in [0.15, 0.2) is 11.5 Å². The Kier molecular flexibility index (Phi) is 14.3. The van der Waals surface area contributed by atoms with Crippen molar-refractivity contribution in [3.05, 3.63) is 95.2 Å². The SMILES string of the molecule is CNCc1ccc(-c2nnc(-c3nc(-c4ccc(S(=O)(=O)NCCCCCCC(=O)NCCCC#Cc5cccc6c5CN(C5CCC(=O)NC5=O)C6=O)cc4)cnc3N)o2)cc1. The molecule has 2 aromatic heterocycles. The molecule has 1 saturated heterocycles. The minimum atomic E-state index is -3.76. The molecule has 2 aliphatic heterocycles. The fraction of sp³-hybridized carbons (Fsp3) is 0.333. The molecule has 0 spiro atoms. The molecule has 1 atom stereocenters. The van der Waals surface area contributed by atoms with E-state index in [0.29, 0.717) is 67.8 Å². The number of nitrogens with zero attached hydrogens (tertiary/aromatic N) is 5. The number of carbonyl (C=O) groups is 4. The third-order valence-corrected chi connectivity index (χ3v) is 12.2. The van der Waals surface area contributed by atoms with Gasteiger partial charge in [-0.25, -0.2) is 23.1 Å². The van der Waals surface area contributed by atoms with E-state index >= 15 is 0 Å². The highest BCUT2D eigenvalue weighted by Crippen LogP contribution is 2.31. The zero-order valence-electron chi connectivity index (χ0n) is 34.8. The maximum Gasteiger partial charge on any atom is 0.270 e. The molecule has 4 heterocycles. The topological polar surface area (TPSA) is 244 Å². The lowest BCUT2D eigenvalue weighted by molar-refractivity contribution is -0.137. The van der Waals surface area contributed by atoms with Gasteiger partial charge < -0.3 is 25.7 Å². The van der Waals surface area contributed by atoms with Crippen molar-refractivity contribution in [3.8, 4) is 46.1 Å². The number of sulfonamides is 1. The number of nitrogens with two attached hydrogens (primary N) is 1. The molecule has 63 heavy (non-hydrogen) atoms. The van der Waals surface area contributed by atoms with Crippen molar-refractivity contribution < 1.29 is 32.0 Å². The van der Waals surface area contributed by atoms with Crippen molar-refractivity contribution in [2.75, 3.05) is 25.9 Å². The number of anilines is 1. The number of imide groups is 1. The second kappa shape index (κ2) is 20.4. The van der Waals surface area contributed by atoms with Gasteiger partial charge in [0.25, 0.3) is 11.8 Å². The molecule has 326 valence electrons. The summed E-state index contributed by atoms with van der Waals surface area (Å²) in [7, 11) is -1.88. The first-order valence-electron chi connectivity index (χ1n) is 20.8. The summed E-state index contributed by atoms with van der Waals surface area (Å²) in [5.41, 5.74) is 11.3. The van der Waals surface area contributed by atoms with Crippen molar-refractivity contribution in [2.24, 2.45) is 0 Å². The Hall–Kier alpha value is -6.81. The molecule has 0 radical (unpaired) electrons. The monoisotopic (exact) mass is 872 g/mol. The molecule has 3 aromatic carbocycles. The normalized spacial score (nSPS) is 14.8. The zero-order chi connectivity index (χ0) is 44.3. The summed E-state index contributed by atoms with van der Waals surface area (Å²) in [6, 6.07) is 18.7. The van der Waals surface area contributed by atoms with Gasteiger partial charge in [0.2, 0.25) is 33.6 Å². The molecule has 4 amide bonds. The predicted molar refractivity (Wildman–Crippen MR) is 233 cm³/mol. The van der Waals surface area contributed by atoms with E-state index in [4.69, 9.17) is 10.2 Å². The van der Waals surface area contributed by atoms with E-state index in [1.807, 2.05) is 37.4 Å². The van der Waals surface area contributed by atoms with Gasteiger partial charge in [-0.15, -0.1) is 10.2 Å². The van der Waals surface area contributed by atoms with Crippen LogP contribution in [0.4, 0.5) is 5.82 Å². The summed E-state index contributed by atoms with van der Waals surface area (Å²) in [4.78, 5) is 59.8. The Labute approximate surface area is 365 Å². The highest BCUT2D eigenvalue weighted by molar-refractivity contribution is 7.89. The van der Waals surface area contributed by atoms with E-state index in [2.05, 4.69) is 52.7 Å². The van der Waals surface area contributed by atoms with Gasteiger partial charge in [0.1, 0.15) is 6.04 Å². The van der Waals surface area contributed by atoms with Crippen LogP contribution in [0.2, 0.25) is 0 Å². The van der Waals surface area contributed by atoms with E-state index in [-0.39, 0.29) is 59.5 Å². The van der Waals surface area contributed by atoms with Crippen molar-refractivity contribution in [2.45, 2.75) is 81.8 Å².